The number of anilines is 1. The van der Waals surface area contributed by atoms with Crippen LogP contribution in [0.5, 0.6) is 11.5 Å². The molecule has 1 aromatic heterocycles. The third-order valence-electron chi connectivity index (χ3n) is 4.24. The monoisotopic (exact) mass is 461 g/mol. The van der Waals surface area contributed by atoms with Crippen LogP contribution in [0.2, 0.25) is 0 Å². The molecule has 0 radical (unpaired) electrons. The highest BCUT2D eigenvalue weighted by atomic mass is 127. The van der Waals surface area contributed by atoms with E-state index in [-0.39, 0.29) is 6.04 Å². The van der Waals surface area contributed by atoms with Gasteiger partial charge >= 0.3 is 0 Å². The summed E-state index contributed by atoms with van der Waals surface area (Å²) >= 11 is 2.29. The van der Waals surface area contributed by atoms with Gasteiger partial charge in [-0.1, -0.05) is 17.2 Å². The van der Waals surface area contributed by atoms with Crippen molar-refractivity contribution in [2.75, 3.05) is 19.5 Å². The minimum absolute atomic E-state index is 0.198. The van der Waals surface area contributed by atoms with Crippen LogP contribution in [0.25, 0.3) is 5.70 Å². The van der Waals surface area contributed by atoms with Gasteiger partial charge in [0.15, 0.2) is 0 Å². The smallest absolute Gasteiger partial charge is 0.248 e. The number of methoxy groups -OCH3 is 2. The van der Waals surface area contributed by atoms with Crippen LogP contribution in [-0.2, 0) is 0 Å². The summed E-state index contributed by atoms with van der Waals surface area (Å²) in [6.45, 7) is 0. The van der Waals surface area contributed by atoms with Crippen molar-refractivity contribution in [3.05, 3.63) is 63.2 Å². The Kier molecular flexibility index (Phi) is 4.49. The first-order valence-electron chi connectivity index (χ1n) is 7.94. The molecule has 3 aromatic rings. The van der Waals surface area contributed by atoms with Crippen LogP contribution >= 0.6 is 22.6 Å². The molecule has 0 bridgehead atoms. The Morgan fingerprint density at radius 1 is 1.08 bits per heavy atom. The molecular formula is C18H16IN5O2. The highest BCUT2D eigenvalue weighted by Crippen LogP contribution is 2.37. The Hall–Kier alpha value is -2.62. The van der Waals surface area contributed by atoms with Crippen molar-refractivity contribution >= 4 is 34.2 Å². The predicted molar refractivity (Wildman–Crippen MR) is 106 cm³/mol. The average Bonchev–Trinajstić information content (AvgIpc) is 3.16. The molecule has 2 aromatic carbocycles. The normalized spacial score (nSPS) is 15.7. The van der Waals surface area contributed by atoms with E-state index in [1.54, 1.807) is 18.9 Å². The van der Waals surface area contributed by atoms with Crippen molar-refractivity contribution in [3.8, 4) is 11.5 Å². The average molecular weight is 461 g/mol. The molecule has 2 heterocycles. The summed E-state index contributed by atoms with van der Waals surface area (Å²) in [4.78, 5) is 0. The lowest BCUT2D eigenvalue weighted by molar-refractivity contribution is 0.387. The molecule has 1 aliphatic heterocycles. The second kappa shape index (κ2) is 6.94. The highest BCUT2D eigenvalue weighted by Gasteiger charge is 2.26. The summed E-state index contributed by atoms with van der Waals surface area (Å²) in [5.41, 5.74) is 2.97. The van der Waals surface area contributed by atoms with Gasteiger partial charge in [0.1, 0.15) is 17.5 Å². The molecule has 0 spiro atoms. The lowest BCUT2D eigenvalue weighted by Crippen LogP contribution is -2.20. The number of tetrazole rings is 1. The molecular weight excluding hydrogens is 445 g/mol. The third kappa shape index (κ3) is 3.00. The van der Waals surface area contributed by atoms with Crippen LogP contribution < -0.4 is 14.8 Å². The predicted octanol–water partition coefficient (Wildman–Crippen LogP) is 3.35. The van der Waals surface area contributed by atoms with Gasteiger partial charge in [-0.05, 0) is 68.9 Å². The van der Waals surface area contributed by atoms with Crippen LogP contribution in [0, 0.1) is 3.57 Å². The fourth-order valence-corrected chi connectivity index (χ4v) is 3.30. The molecule has 0 saturated heterocycles. The first-order valence-corrected chi connectivity index (χ1v) is 9.02. The van der Waals surface area contributed by atoms with Crippen molar-refractivity contribution in [2.45, 2.75) is 6.04 Å². The fourth-order valence-electron chi connectivity index (χ4n) is 2.94. The first-order chi connectivity index (χ1) is 12.7. The summed E-state index contributed by atoms with van der Waals surface area (Å²) < 4.78 is 13.8. The quantitative estimate of drug-likeness (QED) is 0.601. The summed E-state index contributed by atoms with van der Waals surface area (Å²) in [6.07, 6.45) is 2.09. The summed E-state index contributed by atoms with van der Waals surface area (Å²) in [6, 6.07) is 13.8. The summed E-state index contributed by atoms with van der Waals surface area (Å²) in [5.74, 6) is 2.04. The molecule has 0 amide bonds. The molecule has 0 saturated carbocycles. The molecule has 1 atom stereocenters. The summed E-state index contributed by atoms with van der Waals surface area (Å²) in [5, 5.41) is 15.3. The maximum atomic E-state index is 5.58. The number of aromatic nitrogens is 4. The largest absolute Gasteiger partial charge is 0.497 e. The van der Waals surface area contributed by atoms with E-state index < -0.39 is 0 Å². The van der Waals surface area contributed by atoms with Crippen LogP contribution in [0.4, 0.5) is 5.95 Å². The number of halogens is 1. The second-order valence-electron chi connectivity index (χ2n) is 5.71. The molecule has 26 heavy (non-hydrogen) atoms. The minimum Gasteiger partial charge on any atom is -0.497 e. The Labute approximate surface area is 164 Å². The maximum Gasteiger partial charge on any atom is 0.248 e. The number of hydrogen-bond acceptors (Lipinski definition) is 6. The molecule has 1 N–H and O–H groups in total. The van der Waals surface area contributed by atoms with Gasteiger partial charge in [-0.15, -0.1) is 0 Å². The zero-order valence-electron chi connectivity index (χ0n) is 14.2. The molecule has 1 aliphatic rings. The number of ether oxygens (including phenoxy) is 2. The van der Waals surface area contributed by atoms with Crippen molar-refractivity contribution in [1.82, 2.24) is 20.2 Å². The van der Waals surface area contributed by atoms with Gasteiger partial charge in [0.25, 0.3) is 0 Å². The molecule has 8 heteroatoms. The van der Waals surface area contributed by atoms with Crippen LogP contribution in [0.1, 0.15) is 17.2 Å². The third-order valence-corrected chi connectivity index (χ3v) is 4.96. The molecule has 7 nitrogen and oxygen atoms in total. The van der Waals surface area contributed by atoms with Gasteiger partial charge in [-0.3, -0.25) is 0 Å². The second-order valence-corrected chi connectivity index (χ2v) is 6.96. The van der Waals surface area contributed by atoms with Gasteiger partial charge < -0.3 is 14.8 Å². The number of fused-ring (bicyclic) bond motifs is 1. The molecule has 0 aliphatic carbocycles. The number of hydrogen-bond donors (Lipinski definition) is 1. The van der Waals surface area contributed by atoms with Crippen molar-refractivity contribution in [2.24, 2.45) is 0 Å². The van der Waals surface area contributed by atoms with Gasteiger partial charge in [-0.25, -0.2) is 0 Å². The first kappa shape index (κ1) is 16.8. The Bertz CT molecular complexity index is 968. The number of nitrogens with one attached hydrogen (secondary N) is 1. The highest BCUT2D eigenvalue weighted by molar-refractivity contribution is 14.1. The standard InChI is InChI=1S/C18H16IN5O2/c1-25-13-7-8-14(17(9-13)26-2)16-10-15(11-3-5-12(19)6-4-11)20-18-21-22-23-24(16)18/h3-10,16H,1-2H3,(H,20,21,23)/t16-/m0/s1. The van der Waals surface area contributed by atoms with E-state index in [0.717, 1.165) is 28.3 Å². The molecule has 132 valence electrons. The number of allylic oxidation sites excluding steroid dienone is 1. The summed E-state index contributed by atoms with van der Waals surface area (Å²) in [7, 11) is 3.27. The van der Waals surface area contributed by atoms with Crippen LogP contribution in [0.15, 0.2) is 48.5 Å². The number of benzene rings is 2. The van der Waals surface area contributed by atoms with Crippen LogP contribution in [0.3, 0.4) is 0 Å². The van der Waals surface area contributed by atoms with Gasteiger partial charge in [0.05, 0.1) is 14.2 Å². The maximum absolute atomic E-state index is 5.58. The van der Waals surface area contributed by atoms with Gasteiger partial charge in [0, 0.05) is 20.9 Å². The topological polar surface area (TPSA) is 74.1 Å². The van der Waals surface area contributed by atoms with E-state index >= 15 is 0 Å². The zero-order chi connectivity index (χ0) is 18.1. The van der Waals surface area contributed by atoms with Crippen molar-refractivity contribution in [1.29, 1.82) is 0 Å². The minimum atomic E-state index is -0.198. The van der Waals surface area contributed by atoms with Gasteiger partial charge in [0.2, 0.25) is 5.95 Å². The lowest BCUT2D eigenvalue weighted by Gasteiger charge is -2.25. The Morgan fingerprint density at radius 3 is 2.62 bits per heavy atom. The van der Waals surface area contributed by atoms with E-state index in [0.29, 0.717) is 5.95 Å². The number of nitrogens with zero attached hydrogens (tertiary/aromatic N) is 4. The van der Waals surface area contributed by atoms with Crippen molar-refractivity contribution < 1.29 is 9.47 Å². The van der Waals surface area contributed by atoms with Crippen molar-refractivity contribution in [3.63, 3.8) is 0 Å². The fraction of sp³-hybridized carbons (Fsp3) is 0.167. The molecule has 0 fully saturated rings. The van der Waals surface area contributed by atoms with Gasteiger partial charge in [-0.2, -0.15) is 4.68 Å². The zero-order valence-corrected chi connectivity index (χ0v) is 16.3. The van der Waals surface area contributed by atoms with E-state index in [2.05, 4.69) is 73.8 Å². The van der Waals surface area contributed by atoms with E-state index in [4.69, 9.17) is 9.47 Å². The van der Waals surface area contributed by atoms with Crippen LogP contribution in [-0.4, -0.2) is 34.4 Å². The lowest BCUT2D eigenvalue weighted by atomic mass is 10.0. The van der Waals surface area contributed by atoms with E-state index in [9.17, 15) is 0 Å². The molecule has 4 rings (SSSR count). The SMILES string of the molecule is COc1ccc([C@@H]2C=C(c3ccc(I)cc3)Nc3nnnn32)c(OC)c1. The molecule has 0 unspecified atom stereocenters. The Morgan fingerprint density at radius 2 is 1.88 bits per heavy atom. The van der Waals surface area contributed by atoms with E-state index in [1.165, 1.54) is 3.57 Å². The van der Waals surface area contributed by atoms with E-state index in [1.807, 2.05) is 18.2 Å². The number of rotatable bonds is 4. The Balaban J connectivity index is 1.82.